The molecule has 1 aliphatic heterocycles. The molecule has 1 saturated carbocycles. The number of morpholine rings is 1. The van der Waals surface area contributed by atoms with E-state index in [1.54, 1.807) is 0 Å². The summed E-state index contributed by atoms with van der Waals surface area (Å²) < 4.78 is 35.0. The van der Waals surface area contributed by atoms with Crippen molar-refractivity contribution in [3.05, 3.63) is 0 Å². The van der Waals surface area contributed by atoms with Crippen LogP contribution in [0.2, 0.25) is 0 Å². The van der Waals surface area contributed by atoms with Gasteiger partial charge in [0.25, 0.3) is 10.2 Å². The summed E-state index contributed by atoms with van der Waals surface area (Å²) in [5.74, 6) is 0.259. The van der Waals surface area contributed by atoms with Gasteiger partial charge in [-0.05, 0) is 39.2 Å². The van der Waals surface area contributed by atoms with Gasteiger partial charge in [0.2, 0.25) is 0 Å². The molecule has 1 aliphatic carbocycles. The van der Waals surface area contributed by atoms with E-state index in [-0.39, 0.29) is 24.2 Å². The van der Waals surface area contributed by atoms with Crippen LogP contribution in [0.1, 0.15) is 39.5 Å². The molecule has 0 aromatic rings. The summed E-state index contributed by atoms with van der Waals surface area (Å²) in [7, 11) is -3.44. The Labute approximate surface area is 122 Å². The van der Waals surface area contributed by atoms with Crippen LogP contribution in [0.4, 0.5) is 0 Å². The summed E-state index contributed by atoms with van der Waals surface area (Å²) in [4.78, 5) is 0. The first-order chi connectivity index (χ1) is 9.42. The zero-order valence-electron chi connectivity index (χ0n) is 12.4. The highest BCUT2D eigenvalue weighted by molar-refractivity contribution is 7.87. The lowest BCUT2D eigenvalue weighted by Gasteiger charge is -2.37. The molecule has 3 N–H and O–H groups in total. The SMILES string of the molecule is C[C@@H]1CN(S(=O)(=O)N[C@@H]2CCCC[C@@H]2CN)C[C@H](C)O1. The van der Waals surface area contributed by atoms with Gasteiger partial charge in [-0.15, -0.1) is 0 Å². The Morgan fingerprint density at radius 2 is 1.80 bits per heavy atom. The second kappa shape index (κ2) is 6.70. The van der Waals surface area contributed by atoms with Crippen molar-refractivity contribution < 1.29 is 13.2 Å². The van der Waals surface area contributed by atoms with Gasteiger partial charge in [0, 0.05) is 19.1 Å². The fourth-order valence-electron chi connectivity index (χ4n) is 3.24. The molecule has 20 heavy (non-hydrogen) atoms. The van der Waals surface area contributed by atoms with Crippen LogP contribution in [0.25, 0.3) is 0 Å². The molecule has 6 nitrogen and oxygen atoms in total. The largest absolute Gasteiger partial charge is 0.373 e. The number of hydrogen-bond acceptors (Lipinski definition) is 4. The Morgan fingerprint density at radius 3 is 2.40 bits per heavy atom. The molecule has 7 heteroatoms. The van der Waals surface area contributed by atoms with Gasteiger partial charge in [-0.3, -0.25) is 0 Å². The fourth-order valence-corrected chi connectivity index (χ4v) is 4.89. The Bertz CT molecular complexity index is 405. The van der Waals surface area contributed by atoms with Crippen LogP contribution >= 0.6 is 0 Å². The highest BCUT2D eigenvalue weighted by Crippen LogP contribution is 2.25. The van der Waals surface area contributed by atoms with Gasteiger partial charge in [-0.1, -0.05) is 12.8 Å². The lowest BCUT2D eigenvalue weighted by atomic mass is 9.85. The molecule has 2 rings (SSSR count). The van der Waals surface area contributed by atoms with E-state index in [1.807, 2.05) is 13.8 Å². The minimum atomic E-state index is -3.44. The molecule has 0 aromatic carbocycles. The van der Waals surface area contributed by atoms with Crippen molar-refractivity contribution >= 4 is 10.2 Å². The van der Waals surface area contributed by atoms with Crippen molar-refractivity contribution in [2.24, 2.45) is 11.7 Å². The van der Waals surface area contributed by atoms with E-state index in [9.17, 15) is 8.42 Å². The van der Waals surface area contributed by atoms with Crippen LogP contribution in [0.3, 0.4) is 0 Å². The number of ether oxygens (including phenoxy) is 1. The van der Waals surface area contributed by atoms with Gasteiger partial charge in [-0.25, -0.2) is 0 Å². The summed E-state index contributed by atoms with van der Waals surface area (Å²) in [6.07, 6.45) is 3.99. The molecule has 2 fully saturated rings. The number of nitrogens with two attached hydrogens (primary N) is 1. The third-order valence-corrected chi connectivity index (χ3v) is 5.82. The second-order valence-corrected chi connectivity index (χ2v) is 7.79. The van der Waals surface area contributed by atoms with Crippen molar-refractivity contribution in [2.75, 3.05) is 19.6 Å². The van der Waals surface area contributed by atoms with Crippen LogP contribution in [-0.4, -0.2) is 50.6 Å². The van der Waals surface area contributed by atoms with Crippen molar-refractivity contribution in [3.8, 4) is 0 Å². The predicted molar refractivity (Wildman–Crippen MR) is 78.4 cm³/mol. The third kappa shape index (κ3) is 3.92. The average Bonchev–Trinajstić information content (AvgIpc) is 2.38. The van der Waals surface area contributed by atoms with Gasteiger partial charge < -0.3 is 10.5 Å². The van der Waals surface area contributed by atoms with Gasteiger partial charge in [0.1, 0.15) is 0 Å². The maximum absolute atomic E-state index is 12.5. The molecule has 1 heterocycles. The summed E-state index contributed by atoms with van der Waals surface area (Å²) in [6, 6.07) is -0.0211. The normalized spacial score (nSPS) is 37.0. The topological polar surface area (TPSA) is 84.7 Å². The Morgan fingerprint density at radius 1 is 1.20 bits per heavy atom. The van der Waals surface area contributed by atoms with E-state index >= 15 is 0 Å². The Hall–Kier alpha value is -0.210. The van der Waals surface area contributed by atoms with Crippen molar-refractivity contribution in [1.82, 2.24) is 9.03 Å². The first-order valence-corrected chi connectivity index (χ1v) is 8.99. The van der Waals surface area contributed by atoms with E-state index in [4.69, 9.17) is 10.5 Å². The second-order valence-electron chi connectivity index (χ2n) is 6.08. The third-order valence-electron chi connectivity index (χ3n) is 4.24. The maximum atomic E-state index is 12.5. The summed E-state index contributed by atoms with van der Waals surface area (Å²) in [5.41, 5.74) is 5.77. The minimum Gasteiger partial charge on any atom is -0.373 e. The van der Waals surface area contributed by atoms with Crippen LogP contribution in [0.15, 0.2) is 0 Å². The highest BCUT2D eigenvalue weighted by atomic mass is 32.2. The summed E-state index contributed by atoms with van der Waals surface area (Å²) in [6.45, 7) is 5.19. The lowest BCUT2D eigenvalue weighted by Crippen LogP contribution is -2.55. The highest BCUT2D eigenvalue weighted by Gasteiger charge is 2.34. The van der Waals surface area contributed by atoms with E-state index in [2.05, 4.69) is 4.72 Å². The molecule has 118 valence electrons. The van der Waals surface area contributed by atoms with Gasteiger partial charge in [-0.2, -0.15) is 17.4 Å². The van der Waals surface area contributed by atoms with E-state index in [0.29, 0.717) is 19.6 Å². The van der Waals surface area contributed by atoms with Crippen molar-refractivity contribution in [1.29, 1.82) is 0 Å². The molecule has 0 aromatic heterocycles. The monoisotopic (exact) mass is 305 g/mol. The number of hydrogen-bond donors (Lipinski definition) is 2. The number of nitrogens with one attached hydrogen (secondary N) is 1. The fraction of sp³-hybridized carbons (Fsp3) is 1.00. The average molecular weight is 305 g/mol. The molecule has 0 unspecified atom stereocenters. The van der Waals surface area contributed by atoms with Gasteiger partial charge >= 0.3 is 0 Å². The molecule has 0 bridgehead atoms. The van der Waals surface area contributed by atoms with Crippen molar-refractivity contribution in [3.63, 3.8) is 0 Å². The van der Waals surface area contributed by atoms with Crippen LogP contribution < -0.4 is 10.5 Å². The van der Waals surface area contributed by atoms with E-state index in [1.165, 1.54) is 4.31 Å². The molecule has 4 atom stereocenters. The minimum absolute atomic E-state index is 0.0211. The van der Waals surface area contributed by atoms with E-state index in [0.717, 1.165) is 25.7 Å². The Kier molecular flexibility index (Phi) is 5.42. The maximum Gasteiger partial charge on any atom is 0.279 e. The van der Waals surface area contributed by atoms with Gasteiger partial charge in [0.05, 0.1) is 12.2 Å². The smallest absolute Gasteiger partial charge is 0.279 e. The molecular weight excluding hydrogens is 278 g/mol. The standard InChI is InChI=1S/C13H27N3O3S/c1-10-8-16(9-11(2)19-10)20(17,18)15-13-6-4-3-5-12(13)7-14/h10-13,15H,3-9,14H2,1-2H3/t10-,11+,12-,13-/m1/s1. The quantitative estimate of drug-likeness (QED) is 0.789. The molecular formula is C13H27N3O3S. The molecule has 0 radical (unpaired) electrons. The zero-order valence-corrected chi connectivity index (χ0v) is 13.2. The first kappa shape index (κ1) is 16.2. The summed E-state index contributed by atoms with van der Waals surface area (Å²) in [5, 5.41) is 0. The van der Waals surface area contributed by atoms with Crippen LogP contribution in [0.5, 0.6) is 0 Å². The van der Waals surface area contributed by atoms with Crippen LogP contribution in [0, 0.1) is 5.92 Å². The lowest BCUT2D eigenvalue weighted by molar-refractivity contribution is -0.0445. The molecule has 2 aliphatic rings. The summed E-state index contributed by atoms with van der Waals surface area (Å²) >= 11 is 0. The molecule has 1 saturated heterocycles. The number of nitrogens with zero attached hydrogens (tertiary/aromatic N) is 1. The number of rotatable bonds is 4. The zero-order chi connectivity index (χ0) is 14.8. The molecule has 0 amide bonds. The Balaban J connectivity index is 2.02. The predicted octanol–water partition coefficient (Wildman–Crippen LogP) is 0.448. The van der Waals surface area contributed by atoms with E-state index < -0.39 is 10.2 Å². The molecule has 0 spiro atoms. The first-order valence-electron chi connectivity index (χ1n) is 7.55. The van der Waals surface area contributed by atoms with Crippen molar-refractivity contribution in [2.45, 2.75) is 57.8 Å². The van der Waals surface area contributed by atoms with Gasteiger partial charge in [0.15, 0.2) is 0 Å². The van der Waals surface area contributed by atoms with Crippen LogP contribution in [-0.2, 0) is 14.9 Å².